The third-order valence-electron chi connectivity index (χ3n) is 3.60. The summed E-state index contributed by atoms with van der Waals surface area (Å²) in [6.07, 6.45) is 0. The van der Waals surface area contributed by atoms with Crippen LogP contribution in [-0.4, -0.2) is 12.1 Å². The van der Waals surface area contributed by atoms with E-state index in [-0.39, 0.29) is 5.82 Å². The molecule has 0 aliphatic rings. The predicted molar refractivity (Wildman–Crippen MR) is 86.4 cm³/mol. The second kappa shape index (κ2) is 5.98. The first-order valence-corrected chi connectivity index (χ1v) is 7.05. The Morgan fingerprint density at radius 3 is 2.27 bits per heavy atom. The van der Waals surface area contributed by atoms with Gasteiger partial charge in [-0.25, -0.2) is 9.37 Å². The molecule has 0 amide bonds. The van der Waals surface area contributed by atoms with E-state index in [1.54, 1.807) is 19.2 Å². The number of hydrogen-bond acceptors (Lipinski definition) is 2. The zero-order valence-corrected chi connectivity index (χ0v) is 12.5. The molecule has 0 saturated carbocycles. The van der Waals surface area contributed by atoms with Crippen LogP contribution in [0.5, 0.6) is 5.75 Å². The molecule has 3 heteroatoms. The summed E-state index contributed by atoms with van der Waals surface area (Å²) < 4.78 is 18.5. The maximum absolute atomic E-state index is 13.1. The van der Waals surface area contributed by atoms with E-state index < -0.39 is 0 Å². The van der Waals surface area contributed by atoms with Crippen molar-refractivity contribution >= 4 is 0 Å². The molecule has 22 heavy (non-hydrogen) atoms. The normalized spacial score (nSPS) is 10.5. The number of nitrogens with zero attached hydrogens (tertiary/aromatic N) is 1. The highest BCUT2D eigenvalue weighted by atomic mass is 19.1. The van der Waals surface area contributed by atoms with E-state index >= 15 is 0 Å². The fourth-order valence-corrected chi connectivity index (χ4v) is 2.39. The molecule has 0 fully saturated rings. The van der Waals surface area contributed by atoms with E-state index in [4.69, 9.17) is 9.72 Å². The van der Waals surface area contributed by atoms with Gasteiger partial charge in [-0.05, 0) is 36.8 Å². The number of hydrogen-bond donors (Lipinski definition) is 0. The summed E-state index contributed by atoms with van der Waals surface area (Å²) in [6, 6.07) is 18.1. The third kappa shape index (κ3) is 2.84. The summed E-state index contributed by atoms with van der Waals surface area (Å²) in [4.78, 5) is 4.71. The topological polar surface area (TPSA) is 22.1 Å². The van der Waals surface area contributed by atoms with Crippen molar-refractivity contribution in [3.63, 3.8) is 0 Å². The summed E-state index contributed by atoms with van der Waals surface area (Å²) in [7, 11) is 1.63. The van der Waals surface area contributed by atoms with Gasteiger partial charge in [0.2, 0.25) is 0 Å². The Kier molecular flexibility index (Phi) is 3.88. The molecule has 3 rings (SSSR count). The minimum absolute atomic E-state index is 0.259. The fourth-order valence-electron chi connectivity index (χ4n) is 2.39. The van der Waals surface area contributed by atoms with Crippen LogP contribution < -0.4 is 4.74 Å². The van der Waals surface area contributed by atoms with Gasteiger partial charge in [0.05, 0.1) is 18.5 Å². The van der Waals surface area contributed by atoms with E-state index in [1.807, 2.05) is 43.3 Å². The molecule has 3 aromatic rings. The zero-order chi connectivity index (χ0) is 15.5. The standard InChI is InChI=1S/C19H16FNO/c1-13-5-3-4-6-17(13)19-12-16(22-2)11-18(21-19)14-7-9-15(20)10-8-14/h3-12H,1-2H3. The zero-order valence-electron chi connectivity index (χ0n) is 12.5. The van der Waals surface area contributed by atoms with Crippen LogP contribution in [0.15, 0.2) is 60.7 Å². The smallest absolute Gasteiger partial charge is 0.123 e. The van der Waals surface area contributed by atoms with Gasteiger partial charge >= 0.3 is 0 Å². The Bertz CT molecular complexity index is 797. The van der Waals surface area contributed by atoms with E-state index in [9.17, 15) is 4.39 Å². The van der Waals surface area contributed by atoms with Crippen LogP contribution in [0.25, 0.3) is 22.5 Å². The molecule has 0 saturated heterocycles. The summed E-state index contributed by atoms with van der Waals surface area (Å²) in [5.74, 6) is 0.471. The van der Waals surface area contributed by atoms with Crippen molar-refractivity contribution in [3.05, 3.63) is 72.0 Å². The molecule has 1 aromatic heterocycles. The molecule has 1 heterocycles. The van der Waals surface area contributed by atoms with Crippen molar-refractivity contribution in [1.82, 2.24) is 4.98 Å². The highest BCUT2D eigenvalue weighted by molar-refractivity contribution is 5.70. The first kappa shape index (κ1) is 14.3. The van der Waals surface area contributed by atoms with Crippen LogP contribution in [0, 0.1) is 12.7 Å². The van der Waals surface area contributed by atoms with Crippen molar-refractivity contribution in [3.8, 4) is 28.3 Å². The molecule has 0 N–H and O–H groups in total. The second-order valence-electron chi connectivity index (χ2n) is 5.10. The fraction of sp³-hybridized carbons (Fsp3) is 0.105. The van der Waals surface area contributed by atoms with Gasteiger partial charge in [-0.2, -0.15) is 0 Å². The summed E-state index contributed by atoms with van der Waals surface area (Å²) in [6.45, 7) is 2.05. The Labute approximate surface area is 129 Å². The number of halogens is 1. The van der Waals surface area contributed by atoms with Gasteiger partial charge in [-0.3, -0.25) is 0 Å². The van der Waals surface area contributed by atoms with E-state index in [2.05, 4.69) is 0 Å². The number of pyridine rings is 1. The lowest BCUT2D eigenvalue weighted by Crippen LogP contribution is -1.93. The molecule has 0 radical (unpaired) electrons. The first-order valence-electron chi connectivity index (χ1n) is 7.05. The van der Waals surface area contributed by atoms with Crippen LogP contribution in [0.1, 0.15) is 5.56 Å². The number of ether oxygens (including phenoxy) is 1. The number of benzene rings is 2. The Balaban J connectivity index is 2.15. The Morgan fingerprint density at radius 1 is 0.909 bits per heavy atom. The van der Waals surface area contributed by atoms with Crippen LogP contribution >= 0.6 is 0 Å². The van der Waals surface area contributed by atoms with E-state index in [0.717, 1.165) is 33.8 Å². The quantitative estimate of drug-likeness (QED) is 0.687. The molecular formula is C19H16FNO. The molecule has 0 atom stereocenters. The SMILES string of the molecule is COc1cc(-c2ccc(F)cc2)nc(-c2ccccc2C)c1. The van der Waals surface area contributed by atoms with Crippen LogP contribution in [0.2, 0.25) is 0 Å². The average molecular weight is 293 g/mol. The summed E-state index contributed by atoms with van der Waals surface area (Å²) >= 11 is 0. The predicted octanol–water partition coefficient (Wildman–Crippen LogP) is 4.87. The lowest BCUT2D eigenvalue weighted by Gasteiger charge is -2.10. The monoisotopic (exact) mass is 293 g/mol. The van der Waals surface area contributed by atoms with Crippen molar-refractivity contribution in [2.75, 3.05) is 7.11 Å². The molecule has 110 valence electrons. The lowest BCUT2D eigenvalue weighted by atomic mass is 10.0. The number of rotatable bonds is 3. The molecule has 0 bridgehead atoms. The largest absolute Gasteiger partial charge is 0.497 e. The number of aromatic nitrogens is 1. The summed E-state index contributed by atoms with van der Waals surface area (Å²) in [5.41, 5.74) is 4.67. The lowest BCUT2D eigenvalue weighted by molar-refractivity contribution is 0.414. The van der Waals surface area contributed by atoms with Crippen LogP contribution in [0.4, 0.5) is 4.39 Å². The minimum Gasteiger partial charge on any atom is -0.497 e. The average Bonchev–Trinajstić information content (AvgIpc) is 2.55. The molecule has 0 aliphatic heterocycles. The highest BCUT2D eigenvalue weighted by Crippen LogP contribution is 2.29. The van der Waals surface area contributed by atoms with Crippen LogP contribution in [0.3, 0.4) is 0 Å². The number of methoxy groups -OCH3 is 1. The molecule has 2 nitrogen and oxygen atoms in total. The van der Waals surface area contributed by atoms with E-state index in [1.165, 1.54) is 12.1 Å². The van der Waals surface area contributed by atoms with Gasteiger partial charge in [0.1, 0.15) is 11.6 Å². The molecular weight excluding hydrogens is 277 g/mol. The van der Waals surface area contributed by atoms with Crippen LogP contribution in [-0.2, 0) is 0 Å². The third-order valence-corrected chi connectivity index (χ3v) is 3.60. The van der Waals surface area contributed by atoms with E-state index in [0.29, 0.717) is 0 Å². The summed E-state index contributed by atoms with van der Waals surface area (Å²) in [5, 5.41) is 0. The van der Waals surface area contributed by atoms with Crippen molar-refractivity contribution < 1.29 is 9.13 Å². The van der Waals surface area contributed by atoms with Gasteiger partial charge in [0.25, 0.3) is 0 Å². The van der Waals surface area contributed by atoms with Crippen molar-refractivity contribution in [2.45, 2.75) is 6.92 Å². The number of aryl methyl sites for hydroxylation is 1. The molecule has 2 aromatic carbocycles. The highest BCUT2D eigenvalue weighted by Gasteiger charge is 2.09. The van der Waals surface area contributed by atoms with Gasteiger partial charge in [0, 0.05) is 23.3 Å². The van der Waals surface area contributed by atoms with Crippen molar-refractivity contribution in [2.24, 2.45) is 0 Å². The van der Waals surface area contributed by atoms with Gasteiger partial charge < -0.3 is 4.74 Å². The molecule has 0 aliphatic carbocycles. The first-order chi connectivity index (χ1) is 10.7. The van der Waals surface area contributed by atoms with Gasteiger partial charge in [0.15, 0.2) is 0 Å². The minimum atomic E-state index is -0.259. The molecule has 0 unspecified atom stereocenters. The Hall–Kier alpha value is -2.68. The molecule has 0 spiro atoms. The Morgan fingerprint density at radius 2 is 1.59 bits per heavy atom. The maximum atomic E-state index is 13.1. The van der Waals surface area contributed by atoms with Gasteiger partial charge in [-0.1, -0.05) is 24.3 Å². The van der Waals surface area contributed by atoms with Crippen molar-refractivity contribution in [1.29, 1.82) is 0 Å². The second-order valence-corrected chi connectivity index (χ2v) is 5.10. The van der Waals surface area contributed by atoms with Gasteiger partial charge in [-0.15, -0.1) is 0 Å². The maximum Gasteiger partial charge on any atom is 0.123 e.